The molecule has 0 spiro atoms. The molecule has 37 heavy (non-hydrogen) atoms. The van der Waals surface area contributed by atoms with Crippen LogP contribution < -0.4 is 9.47 Å². The van der Waals surface area contributed by atoms with Gasteiger partial charge in [0.2, 0.25) is 0 Å². The highest BCUT2D eigenvalue weighted by molar-refractivity contribution is 5.93. The molecule has 3 aliphatic heterocycles. The molecule has 7 heteroatoms. The number of hydrogen-bond donors (Lipinski definition) is 1. The number of carbonyl (C=O) groups excluding carboxylic acids is 1. The molecule has 1 saturated carbocycles. The van der Waals surface area contributed by atoms with Crippen molar-refractivity contribution < 1.29 is 23.7 Å². The minimum absolute atomic E-state index is 0.0865. The van der Waals surface area contributed by atoms with Gasteiger partial charge in [0, 0.05) is 48.4 Å². The van der Waals surface area contributed by atoms with Crippen LogP contribution in [0.15, 0.2) is 42.5 Å². The molecule has 196 valence electrons. The van der Waals surface area contributed by atoms with Crippen molar-refractivity contribution in [1.29, 1.82) is 0 Å². The number of rotatable bonds is 8. The Bertz CT molecular complexity index is 1290. The van der Waals surface area contributed by atoms with Crippen LogP contribution in [0.5, 0.6) is 11.5 Å². The van der Waals surface area contributed by atoms with Gasteiger partial charge < -0.3 is 23.9 Å². The van der Waals surface area contributed by atoms with Crippen LogP contribution >= 0.6 is 0 Å². The zero-order valence-electron chi connectivity index (χ0n) is 21.9. The van der Waals surface area contributed by atoms with E-state index in [0.29, 0.717) is 36.5 Å². The number of nitrogens with zero attached hydrogens (tertiary/aromatic N) is 1. The molecule has 7 rings (SSSR count). The first kappa shape index (κ1) is 24.3. The van der Waals surface area contributed by atoms with Crippen LogP contribution in [0.3, 0.4) is 0 Å². The maximum Gasteiger partial charge on any atom is 0.319 e. The van der Waals surface area contributed by atoms with Crippen LogP contribution in [0, 0.1) is 11.8 Å². The van der Waals surface area contributed by atoms with Crippen LogP contribution in [0.2, 0.25) is 0 Å². The molecule has 4 unspecified atom stereocenters. The fraction of sp³-hybridized carbons (Fsp3) is 0.500. The number of methoxy groups -OCH3 is 3. The average molecular weight is 505 g/mol. The zero-order chi connectivity index (χ0) is 25.6. The normalized spacial score (nSPS) is 28.0. The van der Waals surface area contributed by atoms with Crippen molar-refractivity contribution in [2.75, 3.05) is 41.0 Å². The summed E-state index contributed by atoms with van der Waals surface area (Å²) in [6.07, 6.45) is 3.76. The SMILES string of the molecule is COC(=O)C12C[C@@H]3CC(CCOCc4ccccc4)C1N(CCc1c2[nH]c2cc(OC)c(OC)cc12)C3. The molecule has 3 fully saturated rings. The Morgan fingerprint density at radius 2 is 1.89 bits per heavy atom. The molecule has 3 aromatic rings. The largest absolute Gasteiger partial charge is 0.493 e. The molecule has 1 aliphatic carbocycles. The quantitative estimate of drug-likeness (QED) is 0.361. The van der Waals surface area contributed by atoms with Crippen LogP contribution in [0.1, 0.15) is 36.1 Å². The highest BCUT2D eigenvalue weighted by atomic mass is 16.5. The van der Waals surface area contributed by atoms with Crippen LogP contribution in [-0.4, -0.2) is 62.9 Å². The number of fused-ring (bicyclic) bond motifs is 4. The van der Waals surface area contributed by atoms with E-state index < -0.39 is 5.41 Å². The van der Waals surface area contributed by atoms with Crippen molar-refractivity contribution in [3.05, 3.63) is 59.3 Å². The number of aromatic amines is 1. The molecule has 0 radical (unpaired) electrons. The summed E-state index contributed by atoms with van der Waals surface area (Å²) in [5.41, 5.74) is 3.67. The Morgan fingerprint density at radius 3 is 2.65 bits per heavy atom. The predicted octanol–water partition coefficient (Wildman–Crippen LogP) is 4.47. The van der Waals surface area contributed by atoms with Crippen LogP contribution in [0.25, 0.3) is 10.9 Å². The van der Waals surface area contributed by atoms with E-state index in [-0.39, 0.29) is 12.0 Å². The van der Waals surface area contributed by atoms with E-state index in [4.69, 9.17) is 18.9 Å². The molecule has 2 aromatic carbocycles. The number of nitrogens with one attached hydrogen (secondary N) is 1. The summed E-state index contributed by atoms with van der Waals surface area (Å²) in [6, 6.07) is 14.4. The van der Waals surface area contributed by atoms with Crippen molar-refractivity contribution in [3.8, 4) is 11.5 Å². The Morgan fingerprint density at radius 1 is 1.11 bits per heavy atom. The third-order valence-corrected chi connectivity index (χ3v) is 8.88. The third-order valence-electron chi connectivity index (χ3n) is 8.88. The van der Waals surface area contributed by atoms with E-state index >= 15 is 0 Å². The lowest BCUT2D eigenvalue weighted by Crippen LogP contribution is -2.67. The van der Waals surface area contributed by atoms with E-state index in [1.165, 1.54) is 18.2 Å². The number of H-pyrrole nitrogens is 1. The number of ether oxygens (including phenoxy) is 4. The summed E-state index contributed by atoms with van der Waals surface area (Å²) < 4.78 is 22.9. The van der Waals surface area contributed by atoms with Gasteiger partial charge in [-0.3, -0.25) is 9.69 Å². The number of aromatic nitrogens is 1. The number of hydrogen-bond acceptors (Lipinski definition) is 6. The monoisotopic (exact) mass is 504 g/mol. The van der Waals surface area contributed by atoms with E-state index in [1.807, 2.05) is 30.3 Å². The minimum atomic E-state index is -0.717. The van der Waals surface area contributed by atoms with Gasteiger partial charge in [-0.1, -0.05) is 30.3 Å². The summed E-state index contributed by atoms with van der Waals surface area (Å²) in [4.78, 5) is 20.1. The average Bonchev–Trinajstić information content (AvgIpc) is 3.26. The molecule has 7 nitrogen and oxygen atoms in total. The summed E-state index contributed by atoms with van der Waals surface area (Å²) in [6.45, 7) is 3.27. The van der Waals surface area contributed by atoms with Gasteiger partial charge in [-0.15, -0.1) is 0 Å². The molecule has 1 N–H and O–H groups in total. The summed E-state index contributed by atoms with van der Waals surface area (Å²) in [5, 5.41) is 1.10. The van der Waals surface area contributed by atoms with Crippen molar-refractivity contribution >= 4 is 16.9 Å². The lowest BCUT2D eigenvalue weighted by molar-refractivity contribution is -0.163. The van der Waals surface area contributed by atoms with Gasteiger partial charge in [0.25, 0.3) is 0 Å². The van der Waals surface area contributed by atoms with E-state index in [1.54, 1.807) is 14.2 Å². The standard InChI is InChI=1S/C30H36N2O5/c1-34-25-14-23-22-9-11-32-17-20-13-21(10-12-37-18-19-7-5-4-6-8-19)28(32)30(16-20,29(33)36-3)27(22)31-24(23)15-26(25)35-2/h4-8,14-15,20-21,28,31H,9-13,16-18H2,1-3H3/t20-,21?,28?,30?/m0/s1. The van der Waals surface area contributed by atoms with Gasteiger partial charge in [-0.2, -0.15) is 0 Å². The minimum Gasteiger partial charge on any atom is -0.493 e. The Balaban J connectivity index is 1.36. The lowest BCUT2D eigenvalue weighted by Gasteiger charge is -2.58. The molecule has 4 bridgehead atoms. The van der Waals surface area contributed by atoms with Crippen molar-refractivity contribution in [2.24, 2.45) is 11.8 Å². The maximum atomic E-state index is 13.8. The lowest BCUT2D eigenvalue weighted by atomic mass is 9.56. The second-order valence-electron chi connectivity index (χ2n) is 10.8. The maximum absolute atomic E-state index is 13.8. The second kappa shape index (κ2) is 9.69. The summed E-state index contributed by atoms with van der Waals surface area (Å²) in [7, 11) is 4.84. The topological polar surface area (TPSA) is 73.0 Å². The fourth-order valence-corrected chi connectivity index (χ4v) is 7.53. The van der Waals surface area contributed by atoms with Gasteiger partial charge in [0.05, 0.1) is 27.9 Å². The highest BCUT2D eigenvalue weighted by Crippen LogP contribution is 2.55. The van der Waals surface area contributed by atoms with Gasteiger partial charge in [-0.05, 0) is 54.7 Å². The molecular formula is C30H36N2O5. The Hall–Kier alpha value is -3.03. The first-order valence-electron chi connectivity index (χ1n) is 13.3. The van der Waals surface area contributed by atoms with Gasteiger partial charge in [0.1, 0.15) is 5.41 Å². The van der Waals surface area contributed by atoms with Gasteiger partial charge >= 0.3 is 5.97 Å². The molecule has 0 amide bonds. The van der Waals surface area contributed by atoms with E-state index in [9.17, 15) is 4.79 Å². The molecule has 4 heterocycles. The highest BCUT2D eigenvalue weighted by Gasteiger charge is 2.62. The predicted molar refractivity (Wildman–Crippen MR) is 141 cm³/mol. The summed E-state index contributed by atoms with van der Waals surface area (Å²) >= 11 is 0. The number of carbonyl (C=O) groups is 1. The molecular weight excluding hydrogens is 468 g/mol. The van der Waals surface area contributed by atoms with E-state index in [0.717, 1.165) is 55.4 Å². The number of esters is 1. The first-order valence-corrected chi connectivity index (χ1v) is 13.3. The smallest absolute Gasteiger partial charge is 0.319 e. The van der Waals surface area contributed by atoms with Gasteiger partial charge in [-0.25, -0.2) is 0 Å². The van der Waals surface area contributed by atoms with Gasteiger partial charge in [0.15, 0.2) is 11.5 Å². The van der Waals surface area contributed by atoms with Crippen molar-refractivity contribution in [3.63, 3.8) is 0 Å². The van der Waals surface area contributed by atoms with E-state index in [2.05, 4.69) is 22.0 Å². The Labute approximate surface area is 218 Å². The molecule has 4 aliphatic rings. The fourth-order valence-electron chi connectivity index (χ4n) is 7.53. The second-order valence-corrected chi connectivity index (χ2v) is 10.8. The van der Waals surface area contributed by atoms with Crippen molar-refractivity contribution in [1.82, 2.24) is 9.88 Å². The third kappa shape index (κ3) is 3.91. The zero-order valence-corrected chi connectivity index (χ0v) is 21.9. The van der Waals surface area contributed by atoms with Crippen LogP contribution in [-0.2, 0) is 32.7 Å². The molecule has 1 aromatic heterocycles. The molecule has 2 saturated heterocycles. The first-order chi connectivity index (χ1) is 18.1. The summed E-state index contributed by atoms with van der Waals surface area (Å²) in [5.74, 6) is 2.06. The molecule has 5 atom stereocenters. The Kier molecular flexibility index (Phi) is 6.37. The number of benzene rings is 2. The number of piperidine rings is 2. The van der Waals surface area contributed by atoms with Crippen molar-refractivity contribution in [2.45, 2.75) is 43.7 Å². The van der Waals surface area contributed by atoms with Crippen LogP contribution in [0.4, 0.5) is 0 Å².